The molecule has 1 aromatic rings. The lowest BCUT2D eigenvalue weighted by molar-refractivity contribution is 0.271. The zero-order valence-electron chi connectivity index (χ0n) is 11.3. The van der Waals surface area contributed by atoms with Crippen molar-refractivity contribution in [1.82, 2.24) is 4.90 Å². The van der Waals surface area contributed by atoms with Crippen LogP contribution in [0, 0.1) is 0 Å². The first kappa shape index (κ1) is 14.6. The minimum absolute atomic E-state index is 0.213. The number of halogens is 1. The van der Waals surface area contributed by atoms with Crippen LogP contribution in [0.5, 0.6) is 0 Å². The highest BCUT2D eigenvalue weighted by Gasteiger charge is 2.21. The molecule has 0 amide bonds. The van der Waals surface area contributed by atoms with Crippen molar-refractivity contribution >= 4 is 27.1 Å². The van der Waals surface area contributed by atoms with E-state index in [9.17, 15) is 8.42 Å². The topological polar surface area (TPSA) is 40.6 Å². The van der Waals surface area contributed by atoms with Gasteiger partial charge in [-0.15, -0.1) is 0 Å². The van der Waals surface area contributed by atoms with E-state index in [-0.39, 0.29) is 4.90 Å². The molecule has 2 rings (SSSR count). The van der Waals surface area contributed by atoms with Gasteiger partial charge in [0.25, 0.3) is 0 Å². The Kier molecular flexibility index (Phi) is 4.38. The first-order chi connectivity index (χ1) is 8.93. The Hall–Kier alpha value is -0.780. The number of hydrogen-bond acceptors (Lipinski definition) is 4. The van der Waals surface area contributed by atoms with E-state index in [1.165, 1.54) is 6.26 Å². The summed E-state index contributed by atoms with van der Waals surface area (Å²) in [7, 11) is -3.28. The summed E-state index contributed by atoms with van der Waals surface area (Å²) >= 11 is 6.26. The highest BCUT2D eigenvalue weighted by Crippen LogP contribution is 2.32. The molecule has 1 fully saturated rings. The number of rotatable bonds is 3. The molecule has 19 heavy (non-hydrogen) atoms. The molecular formula is C13H19ClN2O2S. The van der Waals surface area contributed by atoms with Gasteiger partial charge in [-0.1, -0.05) is 24.6 Å². The Bertz CT molecular complexity index is 552. The molecule has 1 aliphatic heterocycles. The van der Waals surface area contributed by atoms with Crippen LogP contribution in [0.15, 0.2) is 23.1 Å². The lowest BCUT2D eigenvalue weighted by Gasteiger charge is -2.36. The molecule has 0 atom stereocenters. The molecular weight excluding hydrogens is 284 g/mol. The van der Waals surface area contributed by atoms with E-state index in [0.717, 1.165) is 38.4 Å². The Morgan fingerprint density at radius 2 is 1.84 bits per heavy atom. The molecule has 0 bridgehead atoms. The smallest absolute Gasteiger partial charge is 0.177 e. The van der Waals surface area contributed by atoms with Gasteiger partial charge in [-0.25, -0.2) is 8.42 Å². The number of nitrogens with zero attached hydrogens (tertiary/aromatic N) is 2. The molecule has 0 N–H and O–H groups in total. The molecule has 0 radical (unpaired) electrons. The molecule has 1 aliphatic rings. The molecule has 1 saturated heterocycles. The summed E-state index contributed by atoms with van der Waals surface area (Å²) in [4.78, 5) is 4.73. The zero-order chi connectivity index (χ0) is 14.0. The summed E-state index contributed by atoms with van der Waals surface area (Å²) in [6.07, 6.45) is 1.19. The molecule has 4 nitrogen and oxygen atoms in total. The Morgan fingerprint density at radius 1 is 1.21 bits per heavy atom. The van der Waals surface area contributed by atoms with E-state index < -0.39 is 9.84 Å². The standard InChI is InChI=1S/C13H19ClN2O2S/c1-3-15-7-9-16(10-8-15)11-5-4-6-12(13(11)14)19(2,17)18/h4-6H,3,7-10H2,1-2H3. The number of anilines is 1. The fourth-order valence-electron chi connectivity index (χ4n) is 2.33. The molecule has 0 saturated carbocycles. The molecule has 106 valence electrons. The lowest BCUT2D eigenvalue weighted by atomic mass is 10.2. The van der Waals surface area contributed by atoms with E-state index in [4.69, 9.17) is 11.6 Å². The third-order valence-electron chi connectivity index (χ3n) is 3.50. The second-order valence-electron chi connectivity index (χ2n) is 4.78. The van der Waals surface area contributed by atoms with E-state index in [1.54, 1.807) is 12.1 Å². The molecule has 0 aromatic heterocycles. The summed E-state index contributed by atoms with van der Waals surface area (Å²) < 4.78 is 23.4. The van der Waals surface area contributed by atoms with Crippen LogP contribution in [0.2, 0.25) is 5.02 Å². The van der Waals surface area contributed by atoms with Crippen LogP contribution < -0.4 is 4.90 Å². The maximum Gasteiger partial charge on any atom is 0.177 e. The van der Waals surface area contributed by atoms with Crippen molar-refractivity contribution in [2.45, 2.75) is 11.8 Å². The average Bonchev–Trinajstić information content (AvgIpc) is 2.38. The van der Waals surface area contributed by atoms with Gasteiger partial charge in [-0.2, -0.15) is 0 Å². The van der Waals surface area contributed by atoms with Crippen molar-refractivity contribution in [1.29, 1.82) is 0 Å². The van der Waals surface area contributed by atoms with Crippen LogP contribution in [0.4, 0.5) is 5.69 Å². The molecule has 0 unspecified atom stereocenters. The quantitative estimate of drug-likeness (QED) is 0.855. The second-order valence-corrected chi connectivity index (χ2v) is 7.14. The van der Waals surface area contributed by atoms with Gasteiger partial charge in [0.1, 0.15) is 0 Å². The number of likely N-dealkylation sites (N-methyl/N-ethyl adjacent to an activating group) is 1. The molecule has 0 aliphatic carbocycles. The van der Waals surface area contributed by atoms with E-state index >= 15 is 0 Å². The molecule has 0 spiro atoms. The fourth-order valence-corrected chi connectivity index (χ4v) is 3.76. The summed E-state index contributed by atoms with van der Waals surface area (Å²) in [6.45, 7) is 6.91. The maximum atomic E-state index is 11.7. The number of piperazine rings is 1. The number of benzene rings is 1. The first-order valence-corrected chi connectivity index (χ1v) is 8.66. The van der Waals surface area contributed by atoms with E-state index in [1.807, 2.05) is 6.07 Å². The van der Waals surface area contributed by atoms with Crippen molar-refractivity contribution in [2.24, 2.45) is 0 Å². The van der Waals surface area contributed by atoms with Crippen molar-refractivity contribution in [3.8, 4) is 0 Å². The highest BCUT2D eigenvalue weighted by atomic mass is 35.5. The minimum atomic E-state index is -3.28. The van der Waals surface area contributed by atoms with Crippen molar-refractivity contribution in [3.05, 3.63) is 23.2 Å². The minimum Gasteiger partial charge on any atom is -0.368 e. The predicted molar refractivity (Wildman–Crippen MR) is 78.9 cm³/mol. The van der Waals surface area contributed by atoms with Gasteiger partial charge in [0.15, 0.2) is 9.84 Å². The van der Waals surface area contributed by atoms with Gasteiger partial charge in [-0.3, -0.25) is 0 Å². The zero-order valence-corrected chi connectivity index (χ0v) is 12.8. The van der Waals surface area contributed by atoms with Crippen LogP contribution in [0.3, 0.4) is 0 Å². The number of sulfone groups is 1. The summed E-state index contributed by atoms with van der Waals surface area (Å²) in [6, 6.07) is 5.20. The van der Waals surface area contributed by atoms with Gasteiger partial charge in [-0.05, 0) is 18.7 Å². The summed E-state index contributed by atoms with van der Waals surface area (Å²) in [5.74, 6) is 0. The first-order valence-electron chi connectivity index (χ1n) is 6.39. The fraction of sp³-hybridized carbons (Fsp3) is 0.538. The van der Waals surface area contributed by atoms with Gasteiger partial charge >= 0.3 is 0 Å². The average molecular weight is 303 g/mol. The van der Waals surface area contributed by atoms with Crippen molar-refractivity contribution < 1.29 is 8.42 Å². The lowest BCUT2D eigenvalue weighted by Crippen LogP contribution is -2.46. The Labute approximate surface area is 119 Å². The van der Waals surface area contributed by atoms with Crippen LogP contribution in [0.25, 0.3) is 0 Å². The third-order valence-corrected chi connectivity index (χ3v) is 5.15. The number of hydrogen-bond donors (Lipinski definition) is 0. The largest absolute Gasteiger partial charge is 0.368 e. The van der Waals surface area contributed by atoms with Crippen molar-refractivity contribution in [2.75, 3.05) is 43.9 Å². The van der Waals surface area contributed by atoms with Gasteiger partial charge in [0, 0.05) is 32.4 Å². The van der Waals surface area contributed by atoms with E-state index in [0.29, 0.717) is 5.02 Å². The Balaban J connectivity index is 2.27. The monoisotopic (exact) mass is 302 g/mol. The molecule has 1 aromatic carbocycles. The van der Waals surface area contributed by atoms with Crippen LogP contribution in [-0.2, 0) is 9.84 Å². The summed E-state index contributed by atoms with van der Waals surface area (Å²) in [5.41, 5.74) is 0.820. The van der Waals surface area contributed by atoms with Crippen LogP contribution >= 0.6 is 11.6 Å². The van der Waals surface area contributed by atoms with Gasteiger partial charge in [0.05, 0.1) is 15.6 Å². The maximum absolute atomic E-state index is 11.7. The second kappa shape index (κ2) is 5.69. The van der Waals surface area contributed by atoms with Gasteiger partial charge in [0.2, 0.25) is 0 Å². The van der Waals surface area contributed by atoms with Gasteiger partial charge < -0.3 is 9.80 Å². The summed E-state index contributed by atoms with van der Waals surface area (Å²) in [5, 5.41) is 0.343. The predicted octanol–water partition coefficient (Wildman–Crippen LogP) is 1.89. The highest BCUT2D eigenvalue weighted by molar-refractivity contribution is 7.90. The van der Waals surface area contributed by atoms with Crippen LogP contribution in [0.1, 0.15) is 6.92 Å². The molecule has 1 heterocycles. The Morgan fingerprint density at radius 3 is 2.37 bits per heavy atom. The third kappa shape index (κ3) is 3.22. The van der Waals surface area contributed by atoms with Crippen LogP contribution in [-0.4, -0.2) is 52.3 Å². The normalized spacial score (nSPS) is 17.7. The van der Waals surface area contributed by atoms with E-state index in [2.05, 4.69) is 16.7 Å². The van der Waals surface area contributed by atoms with Crippen molar-refractivity contribution in [3.63, 3.8) is 0 Å². The SMILES string of the molecule is CCN1CCN(c2cccc(S(C)(=O)=O)c2Cl)CC1. The molecule has 6 heteroatoms.